The zero-order chi connectivity index (χ0) is 21.1. The Hall–Kier alpha value is -4.11. The molecule has 1 atom stereocenters. The summed E-state index contributed by atoms with van der Waals surface area (Å²) >= 11 is 0. The Balaban J connectivity index is 1.79. The summed E-state index contributed by atoms with van der Waals surface area (Å²) in [5.41, 5.74) is 2.34. The number of H-pyrrole nitrogens is 1. The quantitative estimate of drug-likeness (QED) is 0.436. The predicted molar refractivity (Wildman–Crippen MR) is 113 cm³/mol. The number of nitrogens with one attached hydrogen (secondary N) is 2. The summed E-state index contributed by atoms with van der Waals surface area (Å²) in [5, 5.41) is 13.0. The van der Waals surface area contributed by atoms with Crippen molar-refractivity contribution in [3.63, 3.8) is 0 Å². The van der Waals surface area contributed by atoms with E-state index in [0.717, 1.165) is 10.9 Å². The van der Waals surface area contributed by atoms with Crippen LogP contribution in [-0.2, 0) is 0 Å². The van der Waals surface area contributed by atoms with E-state index in [1.165, 1.54) is 12.1 Å². The zero-order valence-corrected chi connectivity index (χ0v) is 16.1. The van der Waals surface area contributed by atoms with Gasteiger partial charge in [0.05, 0.1) is 12.7 Å². The molecule has 0 aliphatic carbocycles. The molecule has 6 heteroatoms. The molecule has 0 aliphatic heterocycles. The topological polar surface area (TPSA) is 77.9 Å². The first kappa shape index (κ1) is 19.2. The van der Waals surface area contributed by atoms with E-state index in [1.807, 2.05) is 24.3 Å². The van der Waals surface area contributed by atoms with Crippen LogP contribution >= 0.6 is 0 Å². The monoisotopic (exact) mass is 399 g/mol. The number of carbonyl (C=O) groups is 1. The number of hydrogen-bond donors (Lipinski definition) is 2. The van der Waals surface area contributed by atoms with Crippen LogP contribution in [0.5, 0.6) is 5.75 Å². The molecule has 2 N–H and O–H groups in total. The van der Waals surface area contributed by atoms with Crippen LogP contribution in [0.1, 0.15) is 27.5 Å². The molecule has 148 valence electrons. The van der Waals surface area contributed by atoms with Gasteiger partial charge in [-0.05, 0) is 35.9 Å². The third kappa shape index (κ3) is 3.61. The number of ether oxygens (including phenoxy) is 1. The van der Waals surface area contributed by atoms with Crippen LogP contribution in [0.2, 0.25) is 0 Å². The fourth-order valence-corrected chi connectivity index (χ4v) is 3.41. The van der Waals surface area contributed by atoms with Crippen molar-refractivity contribution in [1.29, 1.82) is 5.26 Å². The lowest BCUT2D eigenvalue weighted by Gasteiger charge is -2.20. The van der Waals surface area contributed by atoms with Gasteiger partial charge >= 0.3 is 0 Å². The van der Waals surface area contributed by atoms with Crippen molar-refractivity contribution in [3.8, 4) is 11.8 Å². The number of nitriles is 1. The second-order valence-electron chi connectivity index (χ2n) is 6.77. The first-order valence-corrected chi connectivity index (χ1v) is 9.31. The number of benzene rings is 3. The van der Waals surface area contributed by atoms with Crippen molar-refractivity contribution in [3.05, 3.63) is 95.4 Å². The van der Waals surface area contributed by atoms with Crippen LogP contribution in [0, 0.1) is 17.1 Å². The van der Waals surface area contributed by atoms with Gasteiger partial charge in [0.1, 0.15) is 23.7 Å². The predicted octanol–water partition coefficient (Wildman–Crippen LogP) is 5.22. The molecule has 0 saturated carbocycles. The summed E-state index contributed by atoms with van der Waals surface area (Å²) in [6.45, 7) is 0. The Kier molecular flexibility index (Phi) is 5.19. The number of para-hydroxylation sites is 1. The first-order valence-electron chi connectivity index (χ1n) is 9.31. The van der Waals surface area contributed by atoms with Gasteiger partial charge in [-0.2, -0.15) is 5.26 Å². The molecule has 1 aromatic heterocycles. The number of anilines is 1. The van der Waals surface area contributed by atoms with E-state index in [-0.39, 0.29) is 11.3 Å². The Bertz CT molecular complexity index is 1270. The highest BCUT2D eigenvalue weighted by atomic mass is 19.1. The van der Waals surface area contributed by atoms with Crippen molar-refractivity contribution in [2.45, 2.75) is 6.04 Å². The highest BCUT2D eigenvalue weighted by Gasteiger charge is 2.25. The summed E-state index contributed by atoms with van der Waals surface area (Å²) < 4.78 is 19.6. The van der Waals surface area contributed by atoms with Gasteiger partial charge in [-0.3, -0.25) is 4.79 Å². The van der Waals surface area contributed by atoms with Crippen LogP contribution in [-0.4, -0.2) is 17.9 Å². The molecule has 0 saturated heterocycles. The number of carbonyl (C=O) groups excluding carboxylic acids is 1. The molecule has 30 heavy (non-hydrogen) atoms. The molecular formula is C24H18FN3O2. The normalized spacial score (nSPS) is 11.6. The average molecular weight is 399 g/mol. The van der Waals surface area contributed by atoms with Crippen molar-refractivity contribution in [2.24, 2.45) is 0 Å². The van der Waals surface area contributed by atoms with E-state index in [2.05, 4.69) is 10.3 Å². The number of hydrogen-bond acceptors (Lipinski definition) is 4. The van der Waals surface area contributed by atoms with E-state index in [1.54, 1.807) is 49.7 Å². The highest BCUT2D eigenvalue weighted by Crippen LogP contribution is 2.29. The molecule has 1 unspecified atom stereocenters. The minimum Gasteiger partial charge on any atom is -0.497 e. The van der Waals surface area contributed by atoms with Gasteiger partial charge < -0.3 is 15.0 Å². The Morgan fingerprint density at radius 3 is 2.73 bits per heavy atom. The second-order valence-corrected chi connectivity index (χ2v) is 6.77. The molecule has 0 aliphatic rings. The minimum absolute atomic E-state index is 0.0709. The lowest BCUT2D eigenvalue weighted by Crippen LogP contribution is -2.21. The van der Waals surface area contributed by atoms with Gasteiger partial charge in [0.25, 0.3) is 0 Å². The maximum atomic E-state index is 14.3. The smallest absolute Gasteiger partial charge is 0.191 e. The van der Waals surface area contributed by atoms with Crippen LogP contribution < -0.4 is 10.1 Å². The van der Waals surface area contributed by atoms with Crippen molar-refractivity contribution in [2.75, 3.05) is 12.4 Å². The van der Waals surface area contributed by atoms with Crippen LogP contribution in [0.4, 0.5) is 10.1 Å². The number of ketones is 1. The van der Waals surface area contributed by atoms with Crippen LogP contribution in [0.25, 0.3) is 10.9 Å². The summed E-state index contributed by atoms with van der Waals surface area (Å²) in [7, 11) is 1.56. The van der Waals surface area contributed by atoms with Crippen LogP contribution in [0.3, 0.4) is 0 Å². The number of Topliss-reactive ketones (excluding diaryl/α,β-unsaturated/α-hetero) is 1. The fourth-order valence-electron chi connectivity index (χ4n) is 3.41. The minimum atomic E-state index is -0.862. The number of methoxy groups -OCH3 is 1. The number of aromatic nitrogens is 1. The van der Waals surface area contributed by atoms with E-state index in [0.29, 0.717) is 22.6 Å². The molecule has 4 aromatic rings. The number of rotatable bonds is 6. The van der Waals surface area contributed by atoms with E-state index >= 15 is 0 Å². The van der Waals surface area contributed by atoms with Crippen LogP contribution in [0.15, 0.2) is 72.9 Å². The summed E-state index contributed by atoms with van der Waals surface area (Å²) in [6, 6.07) is 19.8. The van der Waals surface area contributed by atoms with Gasteiger partial charge in [0.15, 0.2) is 5.78 Å². The van der Waals surface area contributed by atoms with Gasteiger partial charge in [-0.25, -0.2) is 4.39 Å². The molecule has 4 rings (SSSR count). The fraction of sp³-hybridized carbons (Fsp3) is 0.0833. The summed E-state index contributed by atoms with van der Waals surface area (Å²) in [6.07, 6.45) is 1.66. The Morgan fingerprint density at radius 2 is 1.97 bits per heavy atom. The maximum absolute atomic E-state index is 14.3. The number of fused-ring (bicyclic) bond motifs is 1. The Morgan fingerprint density at radius 1 is 1.13 bits per heavy atom. The Labute approximate surface area is 172 Å². The van der Waals surface area contributed by atoms with Gasteiger partial charge in [0.2, 0.25) is 0 Å². The first-order chi connectivity index (χ1) is 14.6. The summed E-state index contributed by atoms with van der Waals surface area (Å²) in [5.74, 6) is -0.261. The maximum Gasteiger partial charge on any atom is 0.191 e. The van der Waals surface area contributed by atoms with E-state index in [4.69, 9.17) is 10.00 Å². The van der Waals surface area contributed by atoms with E-state index in [9.17, 15) is 9.18 Å². The van der Waals surface area contributed by atoms with Gasteiger partial charge in [-0.15, -0.1) is 0 Å². The molecule has 0 radical (unpaired) electrons. The SMILES string of the molecule is COc1cccc(NC(C(=O)c2c[nH]c3ccccc23)c2ccc(C#N)c(F)c2)c1. The standard InChI is InChI=1S/C24H18FN3O2/c1-30-18-6-4-5-17(12-18)28-23(15-9-10-16(13-26)21(25)11-15)24(29)20-14-27-22-8-3-2-7-19(20)22/h2-12,14,23,27-28H,1H3. The number of nitrogens with zero attached hydrogens (tertiary/aromatic N) is 1. The molecule has 1 heterocycles. The third-order valence-corrected chi connectivity index (χ3v) is 4.94. The van der Waals surface area contributed by atoms with Gasteiger partial charge in [-0.1, -0.05) is 30.3 Å². The molecular weight excluding hydrogens is 381 g/mol. The zero-order valence-electron chi connectivity index (χ0n) is 16.1. The lowest BCUT2D eigenvalue weighted by atomic mass is 9.95. The molecule has 3 aromatic carbocycles. The third-order valence-electron chi connectivity index (χ3n) is 4.94. The van der Waals surface area contributed by atoms with Gasteiger partial charge in [0, 0.05) is 34.4 Å². The van der Waals surface area contributed by atoms with Crippen molar-refractivity contribution in [1.82, 2.24) is 4.98 Å². The number of aromatic amines is 1. The molecule has 0 fully saturated rings. The molecule has 5 nitrogen and oxygen atoms in total. The average Bonchev–Trinajstić information content (AvgIpc) is 3.21. The van der Waals surface area contributed by atoms with E-state index < -0.39 is 11.9 Å². The van der Waals surface area contributed by atoms with Crippen molar-refractivity contribution < 1.29 is 13.9 Å². The molecule has 0 spiro atoms. The largest absolute Gasteiger partial charge is 0.497 e. The lowest BCUT2D eigenvalue weighted by molar-refractivity contribution is 0.0971. The second kappa shape index (κ2) is 8.10. The highest BCUT2D eigenvalue weighted by molar-refractivity contribution is 6.11. The summed E-state index contributed by atoms with van der Waals surface area (Å²) in [4.78, 5) is 16.6. The van der Waals surface area contributed by atoms with Crippen molar-refractivity contribution >= 4 is 22.4 Å². The molecule has 0 amide bonds. The molecule has 0 bridgehead atoms. The number of halogens is 1.